The summed E-state index contributed by atoms with van der Waals surface area (Å²) in [6.45, 7) is 1.79. The molecule has 1 heterocycles. The Labute approximate surface area is 118 Å². The summed E-state index contributed by atoms with van der Waals surface area (Å²) in [5, 5.41) is 0. The lowest BCUT2D eigenvalue weighted by molar-refractivity contribution is 0.413. The van der Waals surface area contributed by atoms with Crippen LogP contribution in [0.2, 0.25) is 0 Å². The lowest BCUT2D eigenvalue weighted by atomic mass is 10.2. The monoisotopic (exact) mass is 295 g/mol. The molecule has 0 saturated heterocycles. The van der Waals surface area contributed by atoms with Gasteiger partial charge < -0.3 is 9.15 Å². The first-order chi connectivity index (χ1) is 9.51. The van der Waals surface area contributed by atoms with Gasteiger partial charge in [-0.1, -0.05) is 6.07 Å². The van der Waals surface area contributed by atoms with Crippen LogP contribution in [-0.2, 0) is 16.4 Å². The average molecular weight is 295 g/mol. The van der Waals surface area contributed by atoms with E-state index >= 15 is 0 Å². The van der Waals surface area contributed by atoms with Gasteiger partial charge in [0.1, 0.15) is 11.5 Å². The third-order valence-corrected chi connectivity index (χ3v) is 4.38. The second kappa shape index (κ2) is 6.11. The van der Waals surface area contributed by atoms with Crippen molar-refractivity contribution in [1.29, 1.82) is 0 Å². The van der Waals surface area contributed by atoms with Gasteiger partial charge in [-0.2, -0.15) is 0 Å². The van der Waals surface area contributed by atoms with Crippen molar-refractivity contribution in [3.63, 3.8) is 0 Å². The number of furan rings is 1. The number of ether oxygens (including phenoxy) is 1. The summed E-state index contributed by atoms with van der Waals surface area (Å²) in [6.07, 6.45) is 2.06. The Balaban J connectivity index is 2.10. The molecule has 1 aromatic carbocycles. The molecule has 108 valence electrons. The summed E-state index contributed by atoms with van der Waals surface area (Å²) < 4.78 is 37.3. The van der Waals surface area contributed by atoms with E-state index in [1.165, 1.54) is 19.2 Å². The van der Waals surface area contributed by atoms with E-state index in [4.69, 9.17) is 9.15 Å². The molecule has 1 N–H and O–H groups in total. The third kappa shape index (κ3) is 3.61. The fourth-order valence-corrected chi connectivity index (χ4v) is 3.15. The van der Waals surface area contributed by atoms with E-state index in [1.54, 1.807) is 31.4 Å². The minimum absolute atomic E-state index is 0.183. The van der Waals surface area contributed by atoms with E-state index < -0.39 is 10.0 Å². The molecule has 0 spiro atoms. The minimum Gasteiger partial charge on any atom is -0.497 e. The van der Waals surface area contributed by atoms with Crippen LogP contribution in [0.5, 0.6) is 5.75 Å². The van der Waals surface area contributed by atoms with Crippen LogP contribution in [-0.4, -0.2) is 21.6 Å². The van der Waals surface area contributed by atoms with Crippen molar-refractivity contribution in [2.45, 2.75) is 24.3 Å². The van der Waals surface area contributed by atoms with E-state index in [-0.39, 0.29) is 10.9 Å². The second-order valence-corrected chi connectivity index (χ2v) is 6.20. The molecule has 0 aliphatic rings. The number of rotatable bonds is 6. The van der Waals surface area contributed by atoms with E-state index in [0.29, 0.717) is 12.2 Å². The minimum atomic E-state index is -3.57. The summed E-state index contributed by atoms with van der Waals surface area (Å²) in [4.78, 5) is 0.183. The lowest BCUT2D eigenvalue weighted by Gasteiger charge is -2.13. The number of benzene rings is 1. The summed E-state index contributed by atoms with van der Waals surface area (Å²) in [7, 11) is -2.07. The molecule has 1 aromatic heterocycles. The first-order valence-electron chi connectivity index (χ1n) is 6.20. The van der Waals surface area contributed by atoms with Crippen LogP contribution in [0.4, 0.5) is 0 Å². The zero-order valence-corrected chi connectivity index (χ0v) is 12.2. The van der Waals surface area contributed by atoms with Crippen molar-refractivity contribution < 1.29 is 17.6 Å². The molecular weight excluding hydrogens is 278 g/mol. The van der Waals surface area contributed by atoms with E-state index in [9.17, 15) is 8.42 Å². The Morgan fingerprint density at radius 2 is 2.10 bits per heavy atom. The molecule has 0 aliphatic carbocycles. The molecule has 0 fully saturated rings. The Morgan fingerprint density at radius 3 is 2.75 bits per heavy atom. The normalized spacial score (nSPS) is 13.1. The molecule has 0 saturated carbocycles. The Bertz CT molecular complexity index is 650. The van der Waals surface area contributed by atoms with Gasteiger partial charge >= 0.3 is 0 Å². The Morgan fingerprint density at radius 1 is 1.30 bits per heavy atom. The van der Waals surface area contributed by atoms with Gasteiger partial charge in [-0.3, -0.25) is 0 Å². The van der Waals surface area contributed by atoms with Gasteiger partial charge in [0.25, 0.3) is 0 Å². The highest BCUT2D eigenvalue weighted by molar-refractivity contribution is 7.89. The van der Waals surface area contributed by atoms with Crippen LogP contribution in [0, 0.1) is 0 Å². The number of methoxy groups -OCH3 is 1. The van der Waals surface area contributed by atoms with Gasteiger partial charge in [0, 0.05) is 18.5 Å². The molecule has 0 radical (unpaired) electrons. The van der Waals surface area contributed by atoms with Crippen LogP contribution in [0.1, 0.15) is 12.7 Å². The standard InChI is InChI=1S/C14H17NO4S/c1-11(9-13-6-4-8-19-13)15-20(16,17)14-7-3-5-12(10-14)18-2/h3-8,10-11,15H,9H2,1-2H3. The first-order valence-corrected chi connectivity index (χ1v) is 7.68. The van der Waals surface area contributed by atoms with E-state index in [1.807, 2.05) is 6.07 Å². The predicted octanol–water partition coefficient (Wildman–Crippen LogP) is 2.20. The van der Waals surface area contributed by atoms with Crippen molar-refractivity contribution in [3.8, 4) is 5.75 Å². The van der Waals surface area contributed by atoms with Gasteiger partial charge in [-0.25, -0.2) is 13.1 Å². The van der Waals surface area contributed by atoms with Gasteiger partial charge in [-0.15, -0.1) is 0 Å². The lowest BCUT2D eigenvalue weighted by Crippen LogP contribution is -2.34. The molecule has 0 bridgehead atoms. The summed E-state index contributed by atoms with van der Waals surface area (Å²) in [5.41, 5.74) is 0. The zero-order valence-electron chi connectivity index (χ0n) is 11.4. The van der Waals surface area contributed by atoms with Crippen molar-refractivity contribution in [1.82, 2.24) is 4.72 Å². The summed E-state index contributed by atoms with van der Waals surface area (Å²) in [6, 6.07) is 9.69. The molecule has 5 nitrogen and oxygen atoms in total. The molecule has 1 atom stereocenters. The molecule has 2 rings (SSSR count). The van der Waals surface area contributed by atoms with E-state index in [2.05, 4.69) is 4.72 Å². The molecule has 20 heavy (non-hydrogen) atoms. The largest absolute Gasteiger partial charge is 0.497 e. The van der Waals surface area contributed by atoms with Gasteiger partial charge in [0.2, 0.25) is 10.0 Å². The Kier molecular flexibility index (Phi) is 4.46. The van der Waals surface area contributed by atoms with Crippen LogP contribution in [0.15, 0.2) is 52.0 Å². The molecular formula is C14H17NO4S. The second-order valence-electron chi connectivity index (χ2n) is 4.48. The number of sulfonamides is 1. The molecule has 1 unspecified atom stereocenters. The third-order valence-electron chi connectivity index (χ3n) is 2.80. The SMILES string of the molecule is COc1cccc(S(=O)(=O)NC(C)Cc2ccco2)c1. The van der Waals surface area contributed by atoms with Crippen molar-refractivity contribution >= 4 is 10.0 Å². The first kappa shape index (κ1) is 14.6. The van der Waals surface area contributed by atoms with Crippen LogP contribution in [0.25, 0.3) is 0 Å². The summed E-state index contributed by atoms with van der Waals surface area (Å²) >= 11 is 0. The smallest absolute Gasteiger partial charge is 0.240 e. The maximum absolute atomic E-state index is 12.2. The molecule has 6 heteroatoms. The predicted molar refractivity (Wildman–Crippen MR) is 75.2 cm³/mol. The van der Waals surface area contributed by atoms with E-state index in [0.717, 1.165) is 5.76 Å². The fourth-order valence-electron chi connectivity index (χ4n) is 1.87. The number of hydrogen-bond donors (Lipinski definition) is 1. The van der Waals surface area contributed by atoms with Crippen LogP contribution >= 0.6 is 0 Å². The zero-order chi connectivity index (χ0) is 14.6. The summed E-state index contributed by atoms with van der Waals surface area (Å²) in [5.74, 6) is 1.25. The van der Waals surface area contributed by atoms with Gasteiger partial charge in [-0.05, 0) is 31.2 Å². The van der Waals surface area contributed by atoms with Crippen LogP contribution in [0.3, 0.4) is 0 Å². The highest BCUT2D eigenvalue weighted by atomic mass is 32.2. The molecule has 2 aromatic rings. The van der Waals surface area contributed by atoms with Crippen LogP contribution < -0.4 is 9.46 Å². The van der Waals surface area contributed by atoms with Crippen molar-refractivity contribution in [2.24, 2.45) is 0 Å². The molecule has 0 aliphatic heterocycles. The van der Waals surface area contributed by atoms with Crippen molar-refractivity contribution in [2.75, 3.05) is 7.11 Å². The average Bonchev–Trinajstić information content (AvgIpc) is 2.91. The number of hydrogen-bond acceptors (Lipinski definition) is 4. The highest BCUT2D eigenvalue weighted by Gasteiger charge is 2.18. The maximum Gasteiger partial charge on any atom is 0.240 e. The fraction of sp³-hybridized carbons (Fsp3) is 0.286. The van der Waals surface area contributed by atoms with Crippen molar-refractivity contribution in [3.05, 3.63) is 48.4 Å². The maximum atomic E-state index is 12.2. The quantitative estimate of drug-likeness (QED) is 0.887. The number of nitrogens with one attached hydrogen (secondary N) is 1. The van der Waals surface area contributed by atoms with Gasteiger partial charge in [0.05, 0.1) is 18.3 Å². The Hall–Kier alpha value is -1.79. The topological polar surface area (TPSA) is 68.5 Å². The highest BCUT2D eigenvalue weighted by Crippen LogP contribution is 2.17. The molecule has 0 amide bonds. The van der Waals surface area contributed by atoms with Gasteiger partial charge in [0.15, 0.2) is 0 Å².